The van der Waals surface area contributed by atoms with Crippen molar-refractivity contribution in [3.63, 3.8) is 0 Å². The Bertz CT molecular complexity index is 443. The first kappa shape index (κ1) is 12.7. The van der Waals surface area contributed by atoms with Gasteiger partial charge < -0.3 is 4.18 Å². The molecule has 0 radical (unpaired) electrons. The first-order valence-corrected chi connectivity index (χ1v) is 6.56. The van der Waals surface area contributed by atoms with Crippen LogP contribution in [0.15, 0.2) is 11.8 Å². The van der Waals surface area contributed by atoms with Gasteiger partial charge in [-0.15, -0.1) is 0 Å². The Hall–Kier alpha value is -0.760. The van der Waals surface area contributed by atoms with Crippen molar-refractivity contribution in [3.05, 3.63) is 11.8 Å². The van der Waals surface area contributed by atoms with E-state index in [1.807, 2.05) is 4.90 Å². The van der Waals surface area contributed by atoms with Crippen LogP contribution in [0.5, 0.6) is 0 Å². The molecule has 0 aromatic rings. The topological polar surface area (TPSA) is 46.6 Å². The predicted molar refractivity (Wildman–Crippen MR) is 53.3 cm³/mol. The van der Waals surface area contributed by atoms with Gasteiger partial charge in [-0.1, -0.05) is 0 Å². The Morgan fingerprint density at radius 2 is 2.06 bits per heavy atom. The Labute approximate surface area is 97.2 Å². The molecule has 1 unspecified atom stereocenters. The van der Waals surface area contributed by atoms with Crippen molar-refractivity contribution < 1.29 is 25.8 Å². The highest BCUT2D eigenvalue weighted by molar-refractivity contribution is 7.87. The van der Waals surface area contributed by atoms with E-state index in [1.165, 1.54) is 6.08 Å². The van der Waals surface area contributed by atoms with Crippen LogP contribution in [-0.2, 0) is 14.3 Å². The van der Waals surface area contributed by atoms with E-state index < -0.39 is 15.6 Å². The number of hydrogen-bond donors (Lipinski definition) is 0. The highest BCUT2D eigenvalue weighted by Crippen LogP contribution is 2.37. The van der Waals surface area contributed by atoms with Crippen molar-refractivity contribution in [2.24, 2.45) is 0 Å². The standard InChI is InChI=1S/C9H12F3NO3S/c1-13-6-2-4-7(13)8(5-3-6)16-17(14,15)9(10,11)12/h5-7H,2-4H2,1H3/t6?,7-/m1/s1. The van der Waals surface area contributed by atoms with E-state index in [0.29, 0.717) is 12.8 Å². The minimum atomic E-state index is -5.54. The van der Waals surface area contributed by atoms with E-state index in [0.717, 1.165) is 6.42 Å². The van der Waals surface area contributed by atoms with Crippen LogP contribution in [0.4, 0.5) is 13.2 Å². The summed E-state index contributed by atoms with van der Waals surface area (Å²) in [5.74, 6) is -0.0985. The summed E-state index contributed by atoms with van der Waals surface area (Å²) in [5.41, 5.74) is -5.37. The molecule has 0 N–H and O–H groups in total. The number of nitrogens with zero attached hydrogens (tertiary/aromatic N) is 1. The lowest BCUT2D eigenvalue weighted by molar-refractivity contribution is -0.0529. The predicted octanol–water partition coefficient (Wildman–Crippen LogP) is 1.60. The van der Waals surface area contributed by atoms with Gasteiger partial charge in [-0.25, -0.2) is 0 Å². The minimum absolute atomic E-state index is 0.0985. The molecule has 4 nitrogen and oxygen atoms in total. The normalized spacial score (nSPS) is 30.2. The lowest BCUT2D eigenvalue weighted by atomic mass is 10.1. The van der Waals surface area contributed by atoms with Crippen molar-refractivity contribution in [1.82, 2.24) is 4.90 Å². The zero-order valence-corrected chi connectivity index (χ0v) is 9.88. The molecule has 2 aliphatic rings. The molecular weight excluding hydrogens is 259 g/mol. The molecule has 0 aliphatic carbocycles. The summed E-state index contributed by atoms with van der Waals surface area (Å²) in [5, 5.41) is 0. The Kier molecular flexibility index (Phi) is 2.89. The number of alkyl halides is 3. The molecule has 2 heterocycles. The van der Waals surface area contributed by atoms with Gasteiger partial charge in [0.05, 0.1) is 6.04 Å². The Morgan fingerprint density at radius 1 is 1.41 bits per heavy atom. The summed E-state index contributed by atoms with van der Waals surface area (Å²) in [4.78, 5) is 1.86. The van der Waals surface area contributed by atoms with Gasteiger partial charge in [0, 0.05) is 6.04 Å². The third kappa shape index (κ3) is 2.15. The molecule has 2 bridgehead atoms. The number of fused-ring (bicyclic) bond motifs is 2. The number of hydrogen-bond acceptors (Lipinski definition) is 4. The molecule has 0 saturated carbocycles. The van der Waals surface area contributed by atoms with Gasteiger partial charge in [0.1, 0.15) is 5.76 Å². The van der Waals surface area contributed by atoms with Crippen LogP contribution < -0.4 is 0 Å². The van der Waals surface area contributed by atoms with Crippen molar-refractivity contribution in [3.8, 4) is 0 Å². The molecule has 0 aromatic heterocycles. The maximum atomic E-state index is 12.2. The highest BCUT2D eigenvalue weighted by Gasteiger charge is 2.50. The van der Waals surface area contributed by atoms with Crippen molar-refractivity contribution in [2.45, 2.75) is 36.9 Å². The number of rotatable bonds is 2. The van der Waals surface area contributed by atoms with Crippen LogP contribution in [0.1, 0.15) is 19.3 Å². The summed E-state index contributed by atoms with van der Waals surface area (Å²) in [6.45, 7) is 0. The first-order chi connectivity index (χ1) is 7.72. The van der Waals surface area contributed by atoms with Crippen molar-refractivity contribution >= 4 is 10.1 Å². The van der Waals surface area contributed by atoms with Gasteiger partial charge in [0.15, 0.2) is 0 Å². The van der Waals surface area contributed by atoms with Crippen LogP contribution in [0.25, 0.3) is 0 Å². The maximum Gasteiger partial charge on any atom is 0.534 e. The molecule has 98 valence electrons. The molecule has 2 aliphatic heterocycles. The largest absolute Gasteiger partial charge is 0.534 e. The second-order valence-electron chi connectivity index (χ2n) is 4.24. The molecule has 0 amide bonds. The van der Waals surface area contributed by atoms with Gasteiger partial charge in [-0.2, -0.15) is 21.6 Å². The van der Waals surface area contributed by atoms with Gasteiger partial charge in [-0.3, -0.25) is 4.90 Å². The zero-order chi connectivity index (χ0) is 12.8. The van der Waals surface area contributed by atoms with Crippen molar-refractivity contribution in [2.75, 3.05) is 7.05 Å². The van der Waals surface area contributed by atoms with Gasteiger partial charge in [-0.05, 0) is 32.4 Å². The third-order valence-electron chi connectivity index (χ3n) is 3.25. The smallest absolute Gasteiger partial charge is 0.379 e. The molecule has 2 atom stereocenters. The monoisotopic (exact) mass is 271 g/mol. The van der Waals surface area contributed by atoms with Crippen LogP contribution in [0, 0.1) is 0 Å². The van der Waals surface area contributed by atoms with E-state index in [2.05, 4.69) is 4.18 Å². The van der Waals surface area contributed by atoms with Crippen LogP contribution in [0.3, 0.4) is 0 Å². The summed E-state index contributed by atoms with van der Waals surface area (Å²) < 4.78 is 62.5. The van der Waals surface area contributed by atoms with E-state index in [4.69, 9.17) is 0 Å². The molecule has 0 spiro atoms. The number of likely N-dealkylation sites (N-methyl/N-ethyl adjacent to an activating group) is 1. The van der Waals surface area contributed by atoms with Gasteiger partial charge >= 0.3 is 15.6 Å². The summed E-state index contributed by atoms with van der Waals surface area (Å²) >= 11 is 0. The average Bonchev–Trinajstić information content (AvgIpc) is 2.42. The highest BCUT2D eigenvalue weighted by atomic mass is 32.2. The molecule has 1 fully saturated rings. The quantitative estimate of drug-likeness (QED) is 0.565. The summed E-state index contributed by atoms with van der Waals surface area (Å²) in [7, 11) is -3.78. The molecule has 2 rings (SSSR count). The lowest BCUT2D eigenvalue weighted by Crippen LogP contribution is -2.38. The molecule has 8 heteroatoms. The van der Waals surface area contributed by atoms with Crippen LogP contribution in [-0.4, -0.2) is 38.0 Å². The van der Waals surface area contributed by atoms with E-state index in [1.54, 1.807) is 7.05 Å². The lowest BCUT2D eigenvalue weighted by Gasteiger charge is -2.30. The third-order valence-corrected chi connectivity index (χ3v) is 4.23. The first-order valence-electron chi connectivity index (χ1n) is 5.15. The SMILES string of the molecule is CN1C2CC=C(OS(=O)(=O)C(F)(F)F)[C@H]1CC2. The fourth-order valence-electron chi connectivity index (χ4n) is 2.29. The van der Waals surface area contributed by atoms with E-state index >= 15 is 0 Å². The minimum Gasteiger partial charge on any atom is -0.379 e. The fraction of sp³-hybridized carbons (Fsp3) is 0.778. The van der Waals surface area contributed by atoms with E-state index in [-0.39, 0.29) is 17.8 Å². The molecule has 1 saturated heterocycles. The van der Waals surface area contributed by atoms with Crippen molar-refractivity contribution in [1.29, 1.82) is 0 Å². The summed E-state index contributed by atoms with van der Waals surface area (Å²) in [6.07, 6.45) is 3.44. The second kappa shape index (κ2) is 3.88. The van der Waals surface area contributed by atoms with Gasteiger partial charge in [0.2, 0.25) is 0 Å². The molecule has 17 heavy (non-hydrogen) atoms. The maximum absolute atomic E-state index is 12.2. The average molecular weight is 271 g/mol. The van der Waals surface area contributed by atoms with E-state index in [9.17, 15) is 21.6 Å². The fourth-order valence-corrected chi connectivity index (χ4v) is 2.82. The molecule has 0 aromatic carbocycles. The Balaban J connectivity index is 2.19. The zero-order valence-electron chi connectivity index (χ0n) is 9.07. The Morgan fingerprint density at radius 3 is 2.65 bits per heavy atom. The van der Waals surface area contributed by atoms with Crippen LogP contribution >= 0.6 is 0 Å². The summed E-state index contributed by atoms with van der Waals surface area (Å²) in [6, 6.07) is -0.0770. The van der Waals surface area contributed by atoms with Crippen LogP contribution in [0.2, 0.25) is 0 Å². The molecular formula is C9H12F3NO3S. The second-order valence-corrected chi connectivity index (χ2v) is 5.78. The number of halogens is 3. The van der Waals surface area contributed by atoms with Gasteiger partial charge in [0.25, 0.3) is 0 Å².